The monoisotopic (exact) mass is 465 g/mol. The predicted octanol–water partition coefficient (Wildman–Crippen LogP) is 4.84. The van der Waals surface area contributed by atoms with Crippen molar-refractivity contribution in [2.24, 2.45) is 0 Å². The molecule has 0 N–H and O–H groups in total. The molecule has 0 saturated carbocycles. The van der Waals surface area contributed by atoms with Crippen LogP contribution < -0.4 is 4.74 Å². The van der Waals surface area contributed by atoms with Gasteiger partial charge in [-0.15, -0.1) is 0 Å². The Morgan fingerprint density at radius 2 is 1.88 bits per heavy atom. The molecule has 0 aromatic heterocycles. The van der Waals surface area contributed by atoms with Crippen LogP contribution in [0.2, 0.25) is 0 Å². The molecule has 128 valence electrons. The van der Waals surface area contributed by atoms with E-state index in [2.05, 4.69) is 22.6 Å². The highest BCUT2D eigenvalue weighted by molar-refractivity contribution is 14.1. The predicted molar refractivity (Wildman–Crippen MR) is 108 cm³/mol. The first-order valence-corrected chi connectivity index (χ1v) is 9.52. The van der Waals surface area contributed by atoms with Crippen molar-refractivity contribution in [3.8, 4) is 5.75 Å². The fraction of sp³-hybridized carbons (Fsp3) is 0.158. The summed E-state index contributed by atoms with van der Waals surface area (Å²) in [6.45, 7) is 2.24. The Morgan fingerprint density at radius 1 is 1.16 bits per heavy atom. The summed E-state index contributed by atoms with van der Waals surface area (Å²) in [5.74, 6) is 0.500. The standard InChI is InChI=1S/C19H16INO3S/c1-12-3-4-14(9-16(12)24-2)10-17-18(22)21(19(23)25-17)11-13-5-7-15(20)8-6-13/h3-10H,11H2,1-2H3/b17-10-. The van der Waals surface area contributed by atoms with Gasteiger partial charge in [0.2, 0.25) is 0 Å². The molecule has 1 fully saturated rings. The Morgan fingerprint density at radius 3 is 2.56 bits per heavy atom. The van der Waals surface area contributed by atoms with Crippen LogP contribution in [0, 0.1) is 10.5 Å². The molecular weight excluding hydrogens is 449 g/mol. The van der Waals surface area contributed by atoms with Crippen LogP contribution in [0.15, 0.2) is 47.4 Å². The lowest BCUT2D eigenvalue weighted by Gasteiger charge is -2.12. The van der Waals surface area contributed by atoms with E-state index in [0.717, 1.165) is 37.8 Å². The van der Waals surface area contributed by atoms with Crippen molar-refractivity contribution in [3.05, 3.63) is 67.6 Å². The highest BCUT2D eigenvalue weighted by Gasteiger charge is 2.34. The number of benzene rings is 2. The van der Waals surface area contributed by atoms with Crippen LogP contribution in [0.1, 0.15) is 16.7 Å². The second-order valence-corrected chi connectivity index (χ2v) is 7.86. The molecule has 0 spiro atoms. The first kappa shape index (κ1) is 18.0. The zero-order valence-electron chi connectivity index (χ0n) is 13.8. The van der Waals surface area contributed by atoms with Crippen LogP contribution in [-0.4, -0.2) is 23.2 Å². The quantitative estimate of drug-likeness (QED) is 0.479. The van der Waals surface area contributed by atoms with Crippen LogP contribution in [0.25, 0.3) is 6.08 Å². The van der Waals surface area contributed by atoms with Crippen LogP contribution in [0.4, 0.5) is 4.79 Å². The molecule has 0 atom stereocenters. The van der Waals surface area contributed by atoms with Crippen molar-refractivity contribution in [2.75, 3.05) is 7.11 Å². The van der Waals surface area contributed by atoms with Gasteiger partial charge in [0.15, 0.2) is 0 Å². The van der Waals surface area contributed by atoms with Gasteiger partial charge in [-0.25, -0.2) is 0 Å². The fourth-order valence-electron chi connectivity index (χ4n) is 2.49. The summed E-state index contributed by atoms with van der Waals surface area (Å²) in [5.41, 5.74) is 2.79. The van der Waals surface area contributed by atoms with E-state index in [-0.39, 0.29) is 17.7 Å². The molecule has 0 radical (unpaired) electrons. The number of rotatable bonds is 4. The molecular formula is C19H16INO3S. The Bertz CT molecular complexity index is 861. The number of ether oxygens (including phenoxy) is 1. The fourth-order valence-corrected chi connectivity index (χ4v) is 3.68. The zero-order chi connectivity index (χ0) is 18.0. The summed E-state index contributed by atoms with van der Waals surface area (Å²) >= 11 is 3.19. The van der Waals surface area contributed by atoms with Crippen molar-refractivity contribution >= 4 is 51.6 Å². The van der Waals surface area contributed by atoms with E-state index < -0.39 is 0 Å². The second-order valence-electron chi connectivity index (χ2n) is 5.62. The zero-order valence-corrected chi connectivity index (χ0v) is 16.8. The number of amides is 2. The third-order valence-electron chi connectivity index (χ3n) is 3.86. The molecule has 4 nitrogen and oxygen atoms in total. The highest BCUT2D eigenvalue weighted by Crippen LogP contribution is 2.34. The van der Waals surface area contributed by atoms with Gasteiger partial charge in [0.05, 0.1) is 18.6 Å². The van der Waals surface area contributed by atoms with E-state index in [0.29, 0.717) is 4.91 Å². The number of methoxy groups -OCH3 is 1. The van der Waals surface area contributed by atoms with Crippen molar-refractivity contribution in [1.82, 2.24) is 4.90 Å². The Labute approximate surface area is 164 Å². The van der Waals surface area contributed by atoms with Crippen LogP contribution in [-0.2, 0) is 11.3 Å². The molecule has 3 rings (SSSR count). The van der Waals surface area contributed by atoms with Crippen LogP contribution >= 0.6 is 34.4 Å². The Kier molecular flexibility index (Phi) is 5.48. The van der Waals surface area contributed by atoms with Crippen molar-refractivity contribution in [1.29, 1.82) is 0 Å². The maximum Gasteiger partial charge on any atom is 0.293 e. The van der Waals surface area contributed by atoms with E-state index in [4.69, 9.17) is 4.74 Å². The molecule has 2 amide bonds. The van der Waals surface area contributed by atoms with Gasteiger partial charge >= 0.3 is 0 Å². The molecule has 1 aliphatic rings. The Hall–Kier alpha value is -1.80. The molecule has 2 aromatic carbocycles. The summed E-state index contributed by atoms with van der Waals surface area (Å²) in [6.07, 6.45) is 1.74. The molecule has 2 aromatic rings. The van der Waals surface area contributed by atoms with Crippen molar-refractivity contribution < 1.29 is 14.3 Å². The summed E-state index contributed by atoms with van der Waals surface area (Å²) in [5, 5.41) is -0.242. The highest BCUT2D eigenvalue weighted by atomic mass is 127. The average Bonchev–Trinajstić information content (AvgIpc) is 2.86. The number of hydrogen-bond acceptors (Lipinski definition) is 4. The first-order chi connectivity index (χ1) is 12.0. The SMILES string of the molecule is COc1cc(/C=C2\SC(=O)N(Cc3ccc(I)cc3)C2=O)ccc1C. The van der Waals surface area contributed by atoms with Gasteiger partial charge in [0, 0.05) is 3.57 Å². The molecule has 0 unspecified atom stereocenters. The van der Waals surface area contributed by atoms with Crippen molar-refractivity contribution in [3.63, 3.8) is 0 Å². The number of carbonyl (C=O) groups is 2. The van der Waals surface area contributed by atoms with Gasteiger partial charge < -0.3 is 4.74 Å². The van der Waals surface area contributed by atoms with Gasteiger partial charge in [-0.3, -0.25) is 14.5 Å². The number of aryl methyl sites for hydroxylation is 1. The van der Waals surface area contributed by atoms with Gasteiger partial charge in [0.1, 0.15) is 5.75 Å². The lowest BCUT2D eigenvalue weighted by atomic mass is 10.1. The summed E-state index contributed by atoms with van der Waals surface area (Å²) < 4.78 is 6.42. The third kappa shape index (κ3) is 4.07. The van der Waals surface area contributed by atoms with Crippen LogP contribution in [0.5, 0.6) is 5.75 Å². The molecule has 1 aliphatic heterocycles. The largest absolute Gasteiger partial charge is 0.496 e. The van der Waals surface area contributed by atoms with E-state index in [9.17, 15) is 9.59 Å². The lowest BCUT2D eigenvalue weighted by molar-refractivity contribution is -0.123. The molecule has 1 saturated heterocycles. The lowest BCUT2D eigenvalue weighted by Crippen LogP contribution is -2.27. The average molecular weight is 465 g/mol. The third-order valence-corrected chi connectivity index (χ3v) is 5.48. The first-order valence-electron chi connectivity index (χ1n) is 7.62. The number of nitrogens with zero attached hydrogens (tertiary/aromatic N) is 1. The topological polar surface area (TPSA) is 46.6 Å². The van der Waals surface area contributed by atoms with E-state index in [1.165, 1.54) is 4.90 Å². The maximum atomic E-state index is 12.6. The van der Waals surface area contributed by atoms with Gasteiger partial charge in [-0.1, -0.05) is 24.3 Å². The summed E-state index contributed by atoms with van der Waals surface area (Å²) in [7, 11) is 1.61. The van der Waals surface area contributed by atoms with E-state index >= 15 is 0 Å². The minimum absolute atomic E-state index is 0.242. The van der Waals surface area contributed by atoms with E-state index in [1.54, 1.807) is 13.2 Å². The molecule has 25 heavy (non-hydrogen) atoms. The molecule has 1 heterocycles. The second kappa shape index (κ2) is 7.61. The smallest absolute Gasteiger partial charge is 0.293 e. The van der Waals surface area contributed by atoms with E-state index in [1.807, 2.05) is 49.4 Å². The number of carbonyl (C=O) groups excluding carboxylic acids is 2. The Balaban J connectivity index is 1.82. The number of thioether (sulfide) groups is 1. The molecule has 0 aliphatic carbocycles. The van der Waals surface area contributed by atoms with Crippen LogP contribution in [0.3, 0.4) is 0 Å². The summed E-state index contributed by atoms with van der Waals surface area (Å²) in [4.78, 5) is 26.5. The van der Waals surface area contributed by atoms with Crippen molar-refractivity contribution in [2.45, 2.75) is 13.5 Å². The van der Waals surface area contributed by atoms with Gasteiger partial charge in [0.25, 0.3) is 11.1 Å². The minimum Gasteiger partial charge on any atom is -0.496 e. The van der Waals surface area contributed by atoms with Gasteiger partial charge in [-0.05, 0) is 82.2 Å². The molecule has 6 heteroatoms. The van der Waals surface area contributed by atoms with Gasteiger partial charge in [-0.2, -0.15) is 0 Å². The number of imide groups is 1. The minimum atomic E-state index is -0.256. The maximum absolute atomic E-state index is 12.6. The number of hydrogen-bond donors (Lipinski definition) is 0. The summed E-state index contributed by atoms with van der Waals surface area (Å²) in [6, 6.07) is 13.5. The number of halogens is 1. The normalized spacial score (nSPS) is 16.0. The molecule has 0 bridgehead atoms.